The smallest absolute Gasteiger partial charge is 0.165 e. The van der Waals surface area contributed by atoms with Gasteiger partial charge in [-0.3, -0.25) is 0 Å². The summed E-state index contributed by atoms with van der Waals surface area (Å²) in [6.45, 7) is 10.2. The van der Waals surface area contributed by atoms with E-state index in [-0.39, 0.29) is 18.4 Å². The maximum Gasteiger partial charge on any atom is 0.165 e. The van der Waals surface area contributed by atoms with Gasteiger partial charge in [0, 0.05) is 18.9 Å². The molecule has 0 aromatic heterocycles. The van der Waals surface area contributed by atoms with E-state index in [0.717, 1.165) is 24.0 Å². The molecule has 1 fully saturated rings. The molecule has 1 saturated heterocycles. The third-order valence-corrected chi connectivity index (χ3v) is 5.25. The standard InChI is InChI=1S/C21H32O4/c1-14(2)7-6-10-21(13-22)18-9-8-15(3)11-17(23)12-16(4)19(18)20(24-5)25-21/h6-7,10-11,17-20,22-23H,4,8-9,12-13H2,1-3,5H3/b10-6+,15-11+/t17-,18-,19-,20-,21-/m0/s1. The summed E-state index contributed by atoms with van der Waals surface area (Å²) in [5.41, 5.74) is 2.46. The predicted molar refractivity (Wildman–Crippen MR) is 100 cm³/mol. The summed E-state index contributed by atoms with van der Waals surface area (Å²) in [4.78, 5) is 0. The van der Waals surface area contributed by atoms with Crippen molar-refractivity contribution in [2.45, 2.75) is 58.0 Å². The van der Waals surface area contributed by atoms with Crippen LogP contribution in [0.2, 0.25) is 0 Å². The summed E-state index contributed by atoms with van der Waals surface area (Å²) < 4.78 is 11.8. The van der Waals surface area contributed by atoms with Gasteiger partial charge in [-0.05, 0) is 40.0 Å². The van der Waals surface area contributed by atoms with E-state index in [1.165, 1.54) is 5.57 Å². The third kappa shape index (κ3) is 4.50. The second kappa shape index (κ2) is 8.45. The molecule has 0 saturated carbocycles. The molecule has 1 aliphatic carbocycles. The molecule has 25 heavy (non-hydrogen) atoms. The summed E-state index contributed by atoms with van der Waals surface area (Å²) in [6, 6.07) is 0. The zero-order valence-corrected chi connectivity index (χ0v) is 15.9. The first-order valence-electron chi connectivity index (χ1n) is 9.00. The average Bonchev–Trinajstić information content (AvgIpc) is 2.87. The van der Waals surface area contributed by atoms with Crippen LogP contribution in [0.15, 0.2) is 47.6 Å². The van der Waals surface area contributed by atoms with E-state index in [0.29, 0.717) is 6.42 Å². The SMILES string of the molecule is C=C1C[C@@H](O)/C=C(\C)CC[C@H]2[C@H]1[C@@H](OC)O[C@@]2(/C=C/C=C(C)C)CO. The lowest BCUT2D eigenvalue weighted by Gasteiger charge is -2.31. The van der Waals surface area contributed by atoms with Crippen LogP contribution in [0.25, 0.3) is 0 Å². The van der Waals surface area contributed by atoms with Crippen LogP contribution in [-0.2, 0) is 9.47 Å². The first-order chi connectivity index (χ1) is 11.8. The highest BCUT2D eigenvalue weighted by Crippen LogP contribution is 2.49. The number of rotatable bonds is 4. The fourth-order valence-corrected chi connectivity index (χ4v) is 4.00. The Morgan fingerprint density at radius 3 is 2.80 bits per heavy atom. The first kappa shape index (κ1) is 20.1. The molecule has 0 aromatic carbocycles. The van der Waals surface area contributed by atoms with Gasteiger partial charge in [-0.1, -0.05) is 47.6 Å². The number of aliphatic hydroxyl groups is 2. The third-order valence-electron chi connectivity index (χ3n) is 5.25. The number of ether oxygens (including phenoxy) is 2. The van der Waals surface area contributed by atoms with Crippen molar-refractivity contribution in [2.75, 3.05) is 13.7 Å². The Morgan fingerprint density at radius 1 is 1.48 bits per heavy atom. The van der Waals surface area contributed by atoms with Gasteiger partial charge in [-0.25, -0.2) is 0 Å². The van der Waals surface area contributed by atoms with Crippen molar-refractivity contribution in [1.29, 1.82) is 0 Å². The summed E-state index contributed by atoms with van der Waals surface area (Å²) in [7, 11) is 1.62. The molecule has 0 spiro atoms. The molecule has 5 atom stereocenters. The number of allylic oxidation sites excluding steroid dienone is 4. The largest absolute Gasteiger partial charge is 0.393 e. The lowest BCUT2D eigenvalue weighted by Crippen LogP contribution is -2.39. The Hall–Kier alpha value is -1.20. The van der Waals surface area contributed by atoms with Crippen molar-refractivity contribution < 1.29 is 19.7 Å². The molecule has 2 rings (SSSR count). The molecule has 0 bridgehead atoms. The zero-order valence-electron chi connectivity index (χ0n) is 15.9. The first-order valence-corrected chi connectivity index (χ1v) is 9.00. The number of aliphatic hydroxyl groups excluding tert-OH is 2. The zero-order chi connectivity index (χ0) is 18.6. The molecule has 4 nitrogen and oxygen atoms in total. The topological polar surface area (TPSA) is 58.9 Å². The van der Waals surface area contributed by atoms with Gasteiger partial charge in [0.2, 0.25) is 0 Å². The molecule has 1 heterocycles. The van der Waals surface area contributed by atoms with Crippen LogP contribution in [0, 0.1) is 11.8 Å². The van der Waals surface area contributed by atoms with Gasteiger partial charge in [0.25, 0.3) is 0 Å². The van der Waals surface area contributed by atoms with Crippen molar-refractivity contribution in [3.05, 3.63) is 47.6 Å². The fraction of sp³-hybridized carbons (Fsp3) is 0.619. The van der Waals surface area contributed by atoms with E-state index in [2.05, 4.69) is 6.58 Å². The monoisotopic (exact) mass is 348 g/mol. The second-order valence-corrected chi connectivity index (χ2v) is 7.55. The van der Waals surface area contributed by atoms with Gasteiger partial charge < -0.3 is 19.7 Å². The van der Waals surface area contributed by atoms with Gasteiger partial charge in [-0.15, -0.1) is 0 Å². The van der Waals surface area contributed by atoms with Gasteiger partial charge in [-0.2, -0.15) is 0 Å². The predicted octanol–water partition coefficient (Wildman–Crippen LogP) is 3.52. The number of fused-ring (bicyclic) bond motifs is 1. The lowest BCUT2D eigenvalue weighted by atomic mass is 9.74. The Kier molecular flexibility index (Phi) is 6.80. The van der Waals surface area contributed by atoms with Crippen molar-refractivity contribution >= 4 is 0 Å². The molecule has 0 unspecified atom stereocenters. The molecule has 0 radical (unpaired) electrons. The van der Waals surface area contributed by atoms with Crippen molar-refractivity contribution in [3.8, 4) is 0 Å². The molecule has 0 aromatic rings. The minimum atomic E-state index is -0.796. The van der Waals surface area contributed by atoms with Crippen LogP contribution >= 0.6 is 0 Å². The van der Waals surface area contributed by atoms with Crippen LogP contribution in [0.3, 0.4) is 0 Å². The van der Waals surface area contributed by atoms with E-state index < -0.39 is 18.0 Å². The van der Waals surface area contributed by atoms with Gasteiger partial charge in [0.05, 0.1) is 12.7 Å². The lowest BCUT2D eigenvalue weighted by molar-refractivity contribution is -0.160. The normalized spacial score (nSPS) is 38.5. The van der Waals surface area contributed by atoms with Crippen LogP contribution < -0.4 is 0 Å². The molecular weight excluding hydrogens is 316 g/mol. The minimum Gasteiger partial charge on any atom is -0.393 e. The highest BCUT2D eigenvalue weighted by Gasteiger charge is 2.54. The number of hydrogen-bond donors (Lipinski definition) is 2. The molecule has 2 aliphatic rings. The van der Waals surface area contributed by atoms with Crippen LogP contribution in [0.4, 0.5) is 0 Å². The molecule has 1 aliphatic heterocycles. The maximum absolute atomic E-state index is 10.3. The van der Waals surface area contributed by atoms with Crippen LogP contribution in [0.5, 0.6) is 0 Å². The van der Waals surface area contributed by atoms with Crippen LogP contribution in [0.1, 0.15) is 40.0 Å². The second-order valence-electron chi connectivity index (χ2n) is 7.55. The van der Waals surface area contributed by atoms with E-state index in [1.807, 2.05) is 45.1 Å². The van der Waals surface area contributed by atoms with E-state index in [1.54, 1.807) is 7.11 Å². The highest BCUT2D eigenvalue weighted by molar-refractivity contribution is 5.24. The molecule has 0 amide bonds. The Morgan fingerprint density at radius 2 is 2.20 bits per heavy atom. The Labute approximate surface area is 151 Å². The maximum atomic E-state index is 10.3. The molecular formula is C21H32O4. The Balaban J connectivity index is 2.42. The fourth-order valence-electron chi connectivity index (χ4n) is 4.00. The van der Waals surface area contributed by atoms with E-state index in [4.69, 9.17) is 9.47 Å². The Bertz CT molecular complexity index is 570. The van der Waals surface area contributed by atoms with E-state index in [9.17, 15) is 10.2 Å². The van der Waals surface area contributed by atoms with Gasteiger partial charge >= 0.3 is 0 Å². The highest BCUT2D eigenvalue weighted by atomic mass is 16.7. The van der Waals surface area contributed by atoms with Gasteiger partial charge in [0.1, 0.15) is 5.60 Å². The molecule has 4 heteroatoms. The summed E-state index contributed by atoms with van der Waals surface area (Å²) in [5.74, 6) is -0.00661. The summed E-state index contributed by atoms with van der Waals surface area (Å²) >= 11 is 0. The van der Waals surface area contributed by atoms with Crippen molar-refractivity contribution in [2.24, 2.45) is 11.8 Å². The molecule has 140 valence electrons. The summed E-state index contributed by atoms with van der Waals surface area (Å²) in [6.07, 6.45) is 9.01. The van der Waals surface area contributed by atoms with Crippen molar-refractivity contribution in [3.63, 3.8) is 0 Å². The van der Waals surface area contributed by atoms with E-state index >= 15 is 0 Å². The summed E-state index contributed by atoms with van der Waals surface area (Å²) in [5, 5.41) is 20.5. The van der Waals surface area contributed by atoms with Crippen LogP contribution in [-0.4, -0.2) is 41.9 Å². The average molecular weight is 348 g/mol. The quantitative estimate of drug-likeness (QED) is 0.603. The number of methoxy groups -OCH3 is 1. The minimum absolute atomic E-state index is 0.0467. The number of hydrogen-bond acceptors (Lipinski definition) is 4. The molecule has 2 N–H and O–H groups in total. The van der Waals surface area contributed by atoms with Gasteiger partial charge in [0.15, 0.2) is 6.29 Å². The van der Waals surface area contributed by atoms with Crippen molar-refractivity contribution in [1.82, 2.24) is 0 Å².